The lowest BCUT2D eigenvalue weighted by Gasteiger charge is -2.32. The average Bonchev–Trinajstić information content (AvgIpc) is 3.06. The summed E-state index contributed by atoms with van der Waals surface area (Å²) in [5.41, 5.74) is -0.110. The van der Waals surface area contributed by atoms with E-state index >= 15 is 0 Å². The highest BCUT2D eigenvalue weighted by molar-refractivity contribution is 6.31. The standard InChI is InChI=1S/C12H17ClN4O3/c13-12-11(17(18)19)8-14-16(12)10-2-1-9(7-10)15-3-5-20-6-4-15/h8-10H,1-7H2/t9-,10-/m0/s1. The zero-order valence-corrected chi connectivity index (χ0v) is 11.8. The van der Waals surface area contributed by atoms with Gasteiger partial charge in [-0.1, -0.05) is 11.6 Å². The third-order valence-electron chi connectivity index (χ3n) is 4.20. The number of hydrogen-bond acceptors (Lipinski definition) is 5. The Morgan fingerprint density at radius 2 is 2.05 bits per heavy atom. The van der Waals surface area contributed by atoms with Crippen LogP contribution < -0.4 is 0 Å². The Morgan fingerprint density at radius 1 is 1.35 bits per heavy atom. The van der Waals surface area contributed by atoms with Crippen molar-refractivity contribution in [3.05, 3.63) is 21.5 Å². The molecule has 8 heteroatoms. The SMILES string of the molecule is O=[N+]([O-])c1cnn([C@H]2CC[C@H](N3CCOCC3)C2)c1Cl. The van der Waals surface area contributed by atoms with Crippen molar-refractivity contribution in [2.24, 2.45) is 0 Å². The Bertz CT molecular complexity index is 501. The van der Waals surface area contributed by atoms with Crippen LogP contribution in [0.1, 0.15) is 25.3 Å². The molecule has 2 atom stereocenters. The summed E-state index contributed by atoms with van der Waals surface area (Å²) >= 11 is 6.06. The Labute approximate surface area is 121 Å². The topological polar surface area (TPSA) is 73.4 Å². The number of halogens is 1. The third kappa shape index (κ3) is 2.53. The first-order chi connectivity index (χ1) is 9.66. The molecule has 0 radical (unpaired) electrons. The predicted molar refractivity (Wildman–Crippen MR) is 73.0 cm³/mol. The van der Waals surface area contributed by atoms with Gasteiger partial charge in [-0.2, -0.15) is 5.10 Å². The van der Waals surface area contributed by atoms with Crippen LogP contribution in [0.25, 0.3) is 0 Å². The lowest BCUT2D eigenvalue weighted by molar-refractivity contribution is -0.384. The first kappa shape index (κ1) is 13.8. The van der Waals surface area contributed by atoms with Crippen LogP contribution in [0, 0.1) is 10.1 Å². The molecule has 1 aliphatic heterocycles. The fourth-order valence-corrected chi connectivity index (χ4v) is 3.45. The molecule has 1 aromatic rings. The smallest absolute Gasteiger partial charge is 0.325 e. The van der Waals surface area contributed by atoms with Gasteiger partial charge in [0, 0.05) is 19.1 Å². The molecule has 0 unspecified atom stereocenters. The summed E-state index contributed by atoms with van der Waals surface area (Å²) in [6.07, 6.45) is 4.22. The molecule has 110 valence electrons. The van der Waals surface area contributed by atoms with Crippen molar-refractivity contribution in [3.63, 3.8) is 0 Å². The summed E-state index contributed by atoms with van der Waals surface area (Å²) in [6, 6.07) is 0.660. The van der Waals surface area contributed by atoms with Crippen molar-refractivity contribution in [2.75, 3.05) is 26.3 Å². The molecular formula is C12H17ClN4O3. The van der Waals surface area contributed by atoms with Gasteiger partial charge in [-0.25, -0.2) is 4.68 Å². The molecule has 3 rings (SSSR count). The quantitative estimate of drug-likeness (QED) is 0.629. The Morgan fingerprint density at radius 3 is 2.70 bits per heavy atom. The van der Waals surface area contributed by atoms with Crippen LogP contribution in [0.2, 0.25) is 5.15 Å². The third-order valence-corrected chi connectivity index (χ3v) is 4.57. The number of nitro groups is 1. The van der Waals surface area contributed by atoms with Crippen LogP contribution in [0.15, 0.2) is 6.20 Å². The summed E-state index contributed by atoms with van der Waals surface area (Å²) in [4.78, 5) is 12.8. The first-order valence-corrected chi connectivity index (χ1v) is 7.24. The van der Waals surface area contributed by atoms with Gasteiger partial charge >= 0.3 is 5.69 Å². The molecular weight excluding hydrogens is 284 g/mol. The second kappa shape index (κ2) is 5.67. The van der Waals surface area contributed by atoms with E-state index in [0.717, 1.165) is 45.6 Å². The molecule has 0 spiro atoms. The molecule has 1 aromatic heterocycles. The van der Waals surface area contributed by atoms with E-state index in [2.05, 4.69) is 10.00 Å². The highest BCUT2D eigenvalue weighted by Crippen LogP contribution is 2.37. The number of aromatic nitrogens is 2. The highest BCUT2D eigenvalue weighted by atomic mass is 35.5. The monoisotopic (exact) mass is 300 g/mol. The minimum Gasteiger partial charge on any atom is -0.379 e. The van der Waals surface area contributed by atoms with Crippen molar-refractivity contribution < 1.29 is 9.66 Å². The first-order valence-electron chi connectivity index (χ1n) is 6.86. The minimum atomic E-state index is -0.486. The zero-order valence-electron chi connectivity index (χ0n) is 11.1. The molecule has 2 fully saturated rings. The largest absolute Gasteiger partial charge is 0.379 e. The van der Waals surface area contributed by atoms with E-state index in [4.69, 9.17) is 16.3 Å². The van der Waals surface area contributed by atoms with Gasteiger partial charge in [-0.05, 0) is 19.3 Å². The van der Waals surface area contributed by atoms with Gasteiger partial charge < -0.3 is 4.74 Å². The minimum absolute atomic E-state index is 0.110. The van der Waals surface area contributed by atoms with Gasteiger partial charge in [-0.3, -0.25) is 15.0 Å². The van der Waals surface area contributed by atoms with Gasteiger partial charge in [0.15, 0.2) is 0 Å². The van der Waals surface area contributed by atoms with Crippen LogP contribution in [0.5, 0.6) is 0 Å². The molecule has 2 aliphatic rings. The van der Waals surface area contributed by atoms with E-state index in [0.29, 0.717) is 6.04 Å². The number of rotatable bonds is 3. The number of hydrogen-bond donors (Lipinski definition) is 0. The Hall–Kier alpha value is -1.18. The van der Waals surface area contributed by atoms with Gasteiger partial charge in [0.05, 0.1) is 24.2 Å². The van der Waals surface area contributed by atoms with Crippen molar-refractivity contribution in [1.29, 1.82) is 0 Å². The lowest BCUT2D eigenvalue weighted by atomic mass is 10.2. The van der Waals surface area contributed by atoms with Crippen molar-refractivity contribution in [2.45, 2.75) is 31.3 Å². The molecule has 2 heterocycles. The van der Waals surface area contributed by atoms with Crippen molar-refractivity contribution in [3.8, 4) is 0 Å². The van der Waals surface area contributed by atoms with Crippen LogP contribution in [-0.2, 0) is 4.74 Å². The van der Waals surface area contributed by atoms with Gasteiger partial charge in [-0.15, -0.1) is 0 Å². The maximum Gasteiger partial charge on any atom is 0.325 e. The average molecular weight is 301 g/mol. The molecule has 1 aliphatic carbocycles. The molecule has 20 heavy (non-hydrogen) atoms. The van der Waals surface area contributed by atoms with Crippen LogP contribution in [0.4, 0.5) is 5.69 Å². The normalized spacial score (nSPS) is 27.9. The molecule has 0 amide bonds. The van der Waals surface area contributed by atoms with Gasteiger partial charge in [0.25, 0.3) is 0 Å². The predicted octanol–water partition coefficient (Wildman–Crippen LogP) is 1.87. The van der Waals surface area contributed by atoms with Gasteiger partial charge in [0.2, 0.25) is 5.15 Å². The van der Waals surface area contributed by atoms with E-state index in [1.807, 2.05) is 0 Å². The number of ether oxygens (including phenoxy) is 1. The van der Waals surface area contributed by atoms with Crippen molar-refractivity contribution >= 4 is 17.3 Å². The van der Waals surface area contributed by atoms with E-state index in [9.17, 15) is 10.1 Å². The van der Waals surface area contributed by atoms with Crippen LogP contribution in [-0.4, -0.2) is 51.9 Å². The summed E-state index contributed by atoms with van der Waals surface area (Å²) in [6.45, 7) is 3.50. The molecule has 0 N–H and O–H groups in total. The second-order valence-corrected chi connectivity index (χ2v) is 5.65. The maximum absolute atomic E-state index is 10.8. The Balaban J connectivity index is 1.69. The summed E-state index contributed by atoms with van der Waals surface area (Å²) in [5, 5.41) is 15.0. The Kier molecular flexibility index (Phi) is 3.91. The number of morpholine rings is 1. The summed E-state index contributed by atoms with van der Waals surface area (Å²) < 4.78 is 6.98. The lowest BCUT2D eigenvalue weighted by Crippen LogP contribution is -2.42. The van der Waals surface area contributed by atoms with Crippen LogP contribution >= 0.6 is 11.6 Å². The van der Waals surface area contributed by atoms with E-state index in [1.165, 1.54) is 6.20 Å². The zero-order chi connectivity index (χ0) is 14.1. The highest BCUT2D eigenvalue weighted by Gasteiger charge is 2.33. The summed E-state index contributed by atoms with van der Waals surface area (Å²) in [5.74, 6) is 0. The fourth-order valence-electron chi connectivity index (χ4n) is 3.15. The van der Waals surface area contributed by atoms with E-state index in [1.54, 1.807) is 4.68 Å². The van der Waals surface area contributed by atoms with Crippen molar-refractivity contribution in [1.82, 2.24) is 14.7 Å². The van der Waals surface area contributed by atoms with Gasteiger partial charge in [0.1, 0.15) is 6.20 Å². The second-order valence-electron chi connectivity index (χ2n) is 5.29. The van der Waals surface area contributed by atoms with Crippen LogP contribution in [0.3, 0.4) is 0 Å². The summed E-state index contributed by atoms with van der Waals surface area (Å²) in [7, 11) is 0. The fraction of sp³-hybridized carbons (Fsp3) is 0.750. The molecule has 1 saturated carbocycles. The number of nitrogens with zero attached hydrogens (tertiary/aromatic N) is 4. The maximum atomic E-state index is 10.8. The molecule has 1 saturated heterocycles. The van der Waals surface area contributed by atoms with E-state index < -0.39 is 4.92 Å². The molecule has 0 aromatic carbocycles. The van der Waals surface area contributed by atoms with E-state index in [-0.39, 0.29) is 16.9 Å². The molecule has 0 bridgehead atoms. The molecule has 7 nitrogen and oxygen atoms in total.